The second-order valence-corrected chi connectivity index (χ2v) is 7.76. The number of hydrogen-bond acceptors (Lipinski definition) is 3. The first kappa shape index (κ1) is 16.6. The van der Waals surface area contributed by atoms with Crippen LogP contribution in [-0.2, 0) is 4.74 Å². The highest BCUT2D eigenvalue weighted by Gasteiger charge is 2.35. The molecule has 4 heteroatoms. The molecule has 0 aromatic rings. The number of rotatable bonds is 4. The van der Waals surface area contributed by atoms with Crippen molar-refractivity contribution in [3.63, 3.8) is 0 Å². The number of amides is 1. The van der Waals surface area contributed by atoms with E-state index in [2.05, 4.69) is 12.2 Å². The first-order valence-corrected chi connectivity index (χ1v) is 8.61. The quantitative estimate of drug-likeness (QED) is 0.862. The summed E-state index contributed by atoms with van der Waals surface area (Å²) in [6.07, 6.45) is 7.87. The molecule has 0 aromatic heterocycles. The van der Waals surface area contributed by atoms with E-state index in [0.717, 1.165) is 19.0 Å². The van der Waals surface area contributed by atoms with Gasteiger partial charge in [0.25, 0.3) is 0 Å². The topological polar surface area (TPSA) is 41.6 Å². The highest BCUT2D eigenvalue weighted by Crippen LogP contribution is 2.28. The molecule has 0 radical (unpaired) electrons. The maximum absolute atomic E-state index is 11.9. The summed E-state index contributed by atoms with van der Waals surface area (Å²) in [6, 6.07) is 1.12. The third kappa shape index (κ3) is 5.17. The van der Waals surface area contributed by atoms with Crippen molar-refractivity contribution in [1.82, 2.24) is 10.2 Å². The van der Waals surface area contributed by atoms with Crippen LogP contribution in [0.1, 0.15) is 66.2 Å². The summed E-state index contributed by atoms with van der Waals surface area (Å²) in [6.45, 7) is 9.61. The predicted molar refractivity (Wildman–Crippen MR) is 85.4 cm³/mol. The Hall–Kier alpha value is -0.770. The molecule has 122 valence electrons. The first-order valence-electron chi connectivity index (χ1n) is 8.61. The van der Waals surface area contributed by atoms with Gasteiger partial charge >= 0.3 is 6.09 Å². The summed E-state index contributed by atoms with van der Waals surface area (Å²) in [4.78, 5) is 13.7. The minimum absolute atomic E-state index is 0.174. The SMILES string of the molecule is CCCC1CCC(NC2CN(C(=O)OC(C)(C)C)C2)CC1. The van der Waals surface area contributed by atoms with Gasteiger partial charge in [0.2, 0.25) is 0 Å². The fourth-order valence-electron chi connectivity index (χ4n) is 3.42. The van der Waals surface area contributed by atoms with Crippen LogP contribution in [0.25, 0.3) is 0 Å². The zero-order valence-electron chi connectivity index (χ0n) is 14.2. The lowest BCUT2D eigenvalue weighted by Crippen LogP contribution is -2.62. The van der Waals surface area contributed by atoms with E-state index >= 15 is 0 Å². The van der Waals surface area contributed by atoms with E-state index in [-0.39, 0.29) is 6.09 Å². The fourth-order valence-corrected chi connectivity index (χ4v) is 3.42. The average Bonchev–Trinajstić information content (AvgIpc) is 2.33. The van der Waals surface area contributed by atoms with Crippen LogP contribution in [0.4, 0.5) is 4.79 Å². The van der Waals surface area contributed by atoms with Gasteiger partial charge in [0.05, 0.1) is 0 Å². The maximum Gasteiger partial charge on any atom is 0.410 e. The van der Waals surface area contributed by atoms with Crippen molar-refractivity contribution < 1.29 is 9.53 Å². The summed E-state index contributed by atoms with van der Waals surface area (Å²) in [5.74, 6) is 0.952. The Balaban J connectivity index is 1.62. The molecule has 4 nitrogen and oxygen atoms in total. The lowest BCUT2D eigenvalue weighted by Gasteiger charge is -2.42. The summed E-state index contributed by atoms with van der Waals surface area (Å²) in [5.41, 5.74) is -0.396. The van der Waals surface area contributed by atoms with E-state index < -0.39 is 5.60 Å². The van der Waals surface area contributed by atoms with Gasteiger partial charge in [-0.2, -0.15) is 0 Å². The number of carbonyl (C=O) groups is 1. The van der Waals surface area contributed by atoms with Crippen LogP contribution in [0.5, 0.6) is 0 Å². The molecule has 0 atom stereocenters. The van der Waals surface area contributed by atoms with Crippen molar-refractivity contribution in [3.8, 4) is 0 Å². The summed E-state index contributed by atoms with van der Waals surface area (Å²) < 4.78 is 5.38. The Morgan fingerprint density at radius 3 is 2.29 bits per heavy atom. The van der Waals surface area contributed by atoms with Gasteiger partial charge in [-0.05, 0) is 52.4 Å². The number of ether oxygens (including phenoxy) is 1. The molecule has 1 aliphatic heterocycles. The molecule has 1 N–H and O–H groups in total. The fraction of sp³-hybridized carbons (Fsp3) is 0.941. The molecular weight excluding hydrogens is 264 g/mol. The zero-order valence-corrected chi connectivity index (χ0v) is 14.2. The first-order chi connectivity index (χ1) is 9.87. The highest BCUT2D eigenvalue weighted by atomic mass is 16.6. The van der Waals surface area contributed by atoms with Crippen molar-refractivity contribution in [1.29, 1.82) is 0 Å². The molecule has 2 rings (SSSR count). The number of nitrogens with one attached hydrogen (secondary N) is 1. The molecule has 0 unspecified atom stereocenters. The van der Waals surface area contributed by atoms with Crippen LogP contribution in [0.15, 0.2) is 0 Å². The Morgan fingerprint density at radius 1 is 1.14 bits per heavy atom. The minimum Gasteiger partial charge on any atom is -0.444 e. The van der Waals surface area contributed by atoms with Crippen molar-refractivity contribution in [2.45, 2.75) is 83.9 Å². The Bertz CT molecular complexity index is 337. The van der Waals surface area contributed by atoms with Gasteiger partial charge in [-0.1, -0.05) is 19.8 Å². The van der Waals surface area contributed by atoms with Crippen LogP contribution >= 0.6 is 0 Å². The lowest BCUT2D eigenvalue weighted by atomic mass is 9.83. The Kier molecular flexibility index (Phi) is 5.53. The number of likely N-dealkylation sites (tertiary alicyclic amines) is 1. The second-order valence-electron chi connectivity index (χ2n) is 7.76. The standard InChI is InChI=1S/C17H32N2O2/c1-5-6-13-7-9-14(10-8-13)18-15-11-19(12-15)16(20)21-17(2,3)4/h13-15,18H,5-12H2,1-4H3. The van der Waals surface area contributed by atoms with Crippen molar-refractivity contribution in [3.05, 3.63) is 0 Å². The van der Waals surface area contributed by atoms with Crippen LogP contribution in [-0.4, -0.2) is 41.8 Å². The summed E-state index contributed by atoms with van der Waals surface area (Å²) in [7, 11) is 0. The third-order valence-corrected chi connectivity index (χ3v) is 4.55. The molecule has 1 heterocycles. The van der Waals surface area contributed by atoms with Gasteiger partial charge in [0, 0.05) is 25.2 Å². The number of hydrogen-bond donors (Lipinski definition) is 1. The molecular formula is C17H32N2O2. The molecule has 1 saturated carbocycles. The molecule has 2 aliphatic rings. The zero-order chi connectivity index (χ0) is 15.5. The lowest BCUT2D eigenvalue weighted by molar-refractivity contribution is 0.00342. The molecule has 2 fully saturated rings. The Morgan fingerprint density at radius 2 is 1.76 bits per heavy atom. The smallest absolute Gasteiger partial charge is 0.410 e. The molecule has 0 bridgehead atoms. The molecule has 1 saturated heterocycles. The normalized spacial score (nSPS) is 27.3. The van der Waals surface area contributed by atoms with E-state index in [9.17, 15) is 4.79 Å². The molecule has 1 amide bonds. The van der Waals surface area contributed by atoms with Gasteiger partial charge in [-0.3, -0.25) is 0 Å². The summed E-state index contributed by atoms with van der Waals surface area (Å²) >= 11 is 0. The van der Waals surface area contributed by atoms with Crippen LogP contribution in [0.3, 0.4) is 0 Å². The van der Waals surface area contributed by atoms with Crippen LogP contribution in [0, 0.1) is 5.92 Å². The third-order valence-electron chi connectivity index (χ3n) is 4.55. The van der Waals surface area contributed by atoms with Crippen molar-refractivity contribution in [2.24, 2.45) is 5.92 Å². The summed E-state index contributed by atoms with van der Waals surface area (Å²) in [5, 5.41) is 3.72. The van der Waals surface area contributed by atoms with Gasteiger partial charge in [-0.25, -0.2) is 4.79 Å². The largest absolute Gasteiger partial charge is 0.444 e. The minimum atomic E-state index is -0.396. The second kappa shape index (κ2) is 6.99. The molecule has 0 aromatic carbocycles. The van der Waals surface area contributed by atoms with E-state index in [1.165, 1.54) is 38.5 Å². The van der Waals surface area contributed by atoms with Gasteiger partial charge in [-0.15, -0.1) is 0 Å². The van der Waals surface area contributed by atoms with E-state index in [1.54, 1.807) is 4.90 Å². The van der Waals surface area contributed by atoms with Gasteiger partial charge < -0.3 is 15.0 Å². The van der Waals surface area contributed by atoms with Crippen molar-refractivity contribution in [2.75, 3.05) is 13.1 Å². The average molecular weight is 296 g/mol. The van der Waals surface area contributed by atoms with Crippen molar-refractivity contribution >= 4 is 6.09 Å². The van der Waals surface area contributed by atoms with E-state index in [4.69, 9.17) is 4.74 Å². The van der Waals surface area contributed by atoms with E-state index in [1.807, 2.05) is 20.8 Å². The van der Waals surface area contributed by atoms with Crippen LogP contribution < -0.4 is 5.32 Å². The van der Waals surface area contributed by atoms with Crippen LogP contribution in [0.2, 0.25) is 0 Å². The molecule has 0 spiro atoms. The number of carbonyl (C=O) groups excluding carboxylic acids is 1. The Labute approximate surface area is 129 Å². The monoisotopic (exact) mass is 296 g/mol. The van der Waals surface area contributed by atoms with Gasteiger partial charge in [0.15, 0.2) is 0 Å². The molecule has 1 aliphatic carbocycles. The van der Waals surface area contributed by atoms with Gasteiger partial charge in [0.1, 0.15) is 5.60 Å². The highest BCUT2D eigenvalue weighted by molar-refractivity contribution is 5.69. The van der Waals surface area contributed by atoms with E-state index in [0.29, 0.717) is 12.1 Å². The maximum atomic E-state index is 11.9. The molecule has 21 heavy (non-hydrogen) atoms. The number of nitrogens with zero attached hydrogens (tertiary/aromatic N) is 1. The predicted octanol–water partition coefficient (Wildman–Crippen LogP) is 3.55.